The van der Waals surface area contributed by atoms with Crippen molar-refractivity contribution in [1.29, 1.82) is 0 Å². The number of hydrogen-bond donors (Lipinski definition) is 2. The van der Waals surface area contributed by atoms with E-state index in [1.165, 1.54) is 26.4 Å². The van der Waals surface area contributed by atoms with Crippen LogP contribution < -0.4 is 15.4 Å². The summed E-state index contributed by atoms with van der Waals surface area (Å²) in [4.78, 5) is 84.8. The molecule has 2 unspecified atom stereocenters. The molecule has 2 N–H and O–H groups in total. The second kappa shape index (κ2) is 27.0. The number of rotatable bonds is 26. The summed E-state index contributed by atoms with van der Waals surface area (Å²) in [6, 6.07) is 29.3. The smallest absolute Gasteiger partial charge is 0.343 e. The van der Waals surface area contributed by atoms with Gasteiger partial charge in [-0.05, 0) is 72.6 Å². The first kappa shape index (κ1) is 52.0. The van der Waals surface area contributed by atoms with E-state index < -0.39 is 36.6 Å². The van der Waals surface area contributed by atoms with Gasteiger partial charge in [0.15, 0.2) is 6.61 Å². The molecule has 2 atom stereocenters. The largest absolute Gasteiger partial charge is 0.481 e. The molecule has 0 aromatic heterocycles. The number of unbranched alkanes of at least 4 members (excludes halogenated alkanes) is 6. The Bertz CT molecular complexity index is 2350. The third kappa shape index (κ3) is 14.3. The number of carbonyl (C=O) groups is 6. The highest BCUT2D eigenvalue weighted by molar-refractivity contribution is 5.96. The van der Waals surface area contributed by atoms with Crippen LogP contribution in [0.25, 0.3) is 11.1 Å². The fourth-order valence-electron chi connectivity index (χ4n) is 8.22. The number of nitrogens with zero attached hydrogens (tertiary/aromatic N) is 2. The van der Waals surface area contributed by atoms with Crippen molar-refractivity contribution in [3.8, 4) is 16.9 Å². The van der Waals surface area contributed by atoms with Gasteiger partial charge >= 0.3 is 23.9 Å². The number of ether oxygens (including phenoxy) is 4. The fourth-order valence-corrected chi connectivity index (χ4v) is 8.22. The zero-order valence-corrected chi connectivity index (χ0v) is 40.1. The lowest BCUT2D eigenvalue weighted by Crippen LogP contribution is -2.48. The van der Waals surface area contributed by atoms with E-state index in [-0.39, 0.29) is 48.7 Å². The molecule has 0 aliphatic carbocycles. The molecule has 0 saturated carbocycles. The Labute approximate surface area is 400 Å². The first-order chi connectivity index (χ1) is 33.0. The van der Waals surface area contributed by atoms with Crippen LogP contribution in [0.15, 0.2) is 114 Å². The molecule has 14 heteroatoms. The third-order valence-electron chi connectivity index (χ3n) is 11.9. The Morgan fingerprint density at radius 2 is 1.46 bits per heavy atom. The number of allylic oxidation sites excluding steroid dienone is 1. The highest BCUT2D eigenvalue weighted by Gasteiger charge is 2.38. The number of nitrogens with one attached hydrogen (secondary N) is 2. The van der Waals surface area contributed by atoms with Gasteiger partial charge in [0, 0.05) is 31.8 Å². The average Bonchev–Trinajstić information content (AvgIpc) is 3.36. The molecule has 1 aliphatic heterocycles. The molecule has 0 fully saturated rings. The summed E-state index contributed by atoms with van der Waals surface area (Å²) in [5, 5.41) is 6.11. The molecule has 362 valence electrons. The Morgan fingerprint density at radius 3 is 2.16 bits per heavy atom. The highest BCUT2D eigenvalue weighted by Crippen LogP contribution is 2.37. The standard InChI is InChI=1S/C54H66N4O10/c1-6-8-10-21-34-58(50(51(61)55-32-9-7-2)41-30-31-45(67-37-47(60)65-4)44(35-41)52(62)66-5)46(59)29-18-13-22-33-57-38(3)48(53(63)68-36-39-23-14-11-15-24-39)49(56-54(57)64)43-28-20-19-27-42(43)40-25-16-12-17-26-40/h11-12,14-17,19-20,23-28,30-31,35,49-50H,6-10,13,18,21-22,29,32-34,36-37H2,1-5H3,(H,55,61)(H,56,64). The molecular formula is C54H66N4O10. The fraction of sp³-hybridized carbons (Fsp3) is 0.407. The van der Waals surface area contributed by atoms with Crippen LogP contribution in [0.4, 0.5) is 4.79 Å². The number of benzene rings is 4. The lowest BCUT2D eigenvalue weighted by Gasteiger charge is -2.36. The van der Waals surface area contributed by atoms with E-state index in [0.717, 1.165) is 54.4 Å². The van der Waals surface area contributed by atoms with Gasteiger partial charge in [-0.25, -0.2) is 19.2 Å². The molecule has 1 aliphatic rings. The Morgan fingerprint density at radius 1 is 0.765 bits per heavy atom. The maximum Gasteiger partial charge on any atom is 0.343 e. The normalized spacial score (nSPS) is 13.8. The monoisotopic (exact) mass is 930 g/mol. The number of methoxy groups -OCH3 is 2. The maximum atomic E-state index is 14.4. The van der Waals surface area contributed by atoms with Gasteiger partial charge < -0.3 is 34.5 Å². The second-order valence-corrected chi connectivity index (χ2v) is 16.7. The predicted molar refractivity (Wildman–Crippen MR) is 259 cm³/mol. The van der Waals surface area contributed by atoms with Crippen LogP contribution in [-0.4, -0.2) is 86.0 Å². The lowest BCUT2D eigenvalue weighted by molar-refractivity contribution is -0.143. The van der Waals surface area contributed by atoms with Crippen LogP contribution in [0.2, 0.25) is 0 Å². The predicted octanol–water partition coefficient (Wildman–Crippen LogP) is 9.40. The number of esters is 3. The molecule has 0 bridgehead atoms. The molecule has 14 nitrogen and oxygen atoms in total. The topological polar surface area (TPSA) is 170 Å². The van der Waals surface area contributed by atoms with E-state index in [0.29, 0.717) is 55.6 Å². The summed E-state index contributed by atoms with van der Waals surface area (Å²) in [5.41, 5.74) is 4.61. The van der Waals surface area contributed by atoms with Gasteiger partial charge in [-0.2, -0.15) is 0 Å². The molecule has 0 saturated heterocycles. The summed E-state index contributed by atoms with van der Waals surface area (Å²) in [6.07, 6.45) is 6.68. The van der Waals surface area contributed by atoms with E-state index in [1.807, 2.05) is 91.9 Å². The first-order valence-corrected chi connectivity index (χ1v) is 23.7. The molecule has 5 rings (SSSR count). The Kier molecular flexibility index (Phi) is 20.7. The molecule has 4 amide bonds. The van der Waals surface area contributed by atoms with Crippen LogP contribution in [0.1, 0.15) is 124 Å². The van der Waals surface area contributed by atoms with Crippen molar-refractivity contribution in [2.24, 2.45) is 0 Å². The van der Waals surface area contributed by atoms with E-state index in [1.54, 1.807) is 22.8 Å². The van der Waals surface area contributed by atoms with Crippen molar-refractivity contribution < 1.29 is 47.7 Å². The van der Waals surface area contributed by atoms with Crippen molar-refractivity contribution in [3.63, 3.8) is 0 Å². The van der Waals surface area contributed by atoms with E-state index in [9.17, 15) is 28.8 Å². The molecule has 4 aromatic rings. The van der Waals surface area contributed by atoms with Crippen LogP contribution in [-0.2, 0) is 40.0 Å². The van der Waals surface area contributed by atoms with Crippen molar-refractivity contribution in [2.45, 2.75) is 104 Å². The van der Waals surface area contributed by atoms with Gasteiger partial charge in [-0.1, -0.05) is 137 Å². The molecule has 4 aromatic carbocycles. The third-order valence-corrected chi connectivity index (χ3v) is 11.9. The average molecular weight is 931 g/mol. The summed E-state index contributed by atoms with van der Waals surface area (Å²) < 4.78 is 21.2. The zero-order valence-electron chi connectivity index (χ0n) is 40.1. The van der Waals surface area contributed by atoms with Gasteiger partial charge in [0.2, 0.25) is 11.8 Å². The van der Waals surface area contributed by atoms with Crippen molar-refractivity contribution in [3.05, 3.63) is 137 Å². The van der Waals surface area contributed by atoms with Crippen LogP contribution in [0.5, 0.6) is 5.75 Å². The Balaban J connectivity index is 1.37. The molecular weight excluding hydrogens is 865 g/mol. The summed E-state index contributed by atoms with van der Waals surface area (Å²) >= 11 is 0. The van der Waals surface area contributed by atoms with Gasteiger partial charge in [-0.3, -0.25) is 14.5 Å². The van der Waals surface area contributed by atoms with E-state index in [2.05, 4.69) is 17.6 Å². The van der Waals surface area contributed by atoms with Crippen LogP contribution >= 0.6 is 0 Å². The van der Waals surface area contributed by atoms with E-state index >= 15 is 0 Å². The minimum absolute atomic E-state index is 0.0101. The van der Waals surface area contributed by atoms with Gasteiger partial charge in [0.05, 0.1) is 25.8 Å². The van der Waals surface area contributed by atoms with Crippen molar-refractivity contribution in [1.82, 2.24) is 20.4 Å². The number of urea groups is 1. The minimum atomic E-state index is -1.08. The summed E-state index contributed by atoms with van der Waals surface area (Å²) in [6.45, 7) is 6.47. The number of hydrogen-bond acceptors (Lipinski definition) is 10. The zero-order chi connectivity index (χ0) is 48.8. The maximum absolute atomic E-state index is 14.4. The summed E-state index contributed by atoms with van der Waals surface area (Å²) in [5.74, 6) is -2.49. The SMILES string of the molecule is CCCCCCN(C(=O)CCCCCN1C(=O)NC(c2ccccc2-c2ccccc2)C(C(=O)OCc2ccccc2)=C1C)C(C(=O)NCCCC)c1ccc(OCC(=O)OC)c(C(=O)OC)c1. The highest BCUT2D eigenvalue weighted by atomic mass is 16.6. The van der Waals surface area contributed by atoms with Crippen molar-refractivity contribution >= 4 is 35.8 Å². The Hall–Kier alpha value is -6.96. The minimum Gasteiger partial charge on any atom is -0.481 e. The molecule has 68 heavy (non-hydrogen) atoms. The van der Waals surface area contributed by atoms with Crippen molar-refractivity contribution in [2.75, 3.05) is 40.5 Å². The van der Waals surface area contributed by atoms with Crippen LogP contribution in [0, 0.1) is 0 Å². The van der Waals surface area contributed by atoms with Gasteiger partial charge in [0.1, 0.15) is 24.0 Å². The molecule has 0 spiro atoms. The first-order valence-electron chi connectivity index (χ1n) is 23.7. The van der Waals surface area contributed by atoms with Crippen LogP contribution in [0.3, 0.4) is 0 Å². The molecule has 0 radical (unpaired) electrons. The lowest BCUT2D eigenvalue weighted by atomic mass is 9.88. The van der Waals surface area contributed by atoms with E-state index in [4.69, 9.17) is 18.9 Å². The second-order valence-electron chi connectivity index (χ2n) is 16.7. The molecule has 1 heterocycles. The van der Waals surface area contributed by atoms with Gasteiger partial charge in [-0.15, -0.1) is 0 Å². The number of carbonyl (C=O) groups excluding carboxylic acids is 6. The quantitative estimate of drug-likeness (QED) is 0.0351. The summed E-state index contributed by atoms with van der Waals surface area (Å²) in [7, 11) is 2.44. The number of amides is 4. The van der Waals surface area contributed by atoms with Gasteiger partial charge in [0.25, 0.3) is 0 Å².